The molecule has 38 heavy (non-hydrogen) atoms. The summed E-state index contributed by atoms with van der Waals surface area (Å²) in [7, 11) is -0.671. The normalized spacial score (nSPS) is 17.5. The summed E-state index contributed by atoms with van der Waals surface area (Å²) in [4.78, 5) is 13.1. The van der Waals surface area contributed by atoms with E-state index < -0.39 is 22.2 Å². The molecule has 9 nitrogen and oxygen atoms in total. The van der Waals surface area contributed by atoms with Crippen LogP contribution in [0, 0.1) is 5.82 Å². The third-order valence-electron chi connectivity index (χ3n) is 6.49. The molecule has 2 aromatic carbocycles. The van der Waals surface area contributed by atoms with Crippen LogP contribution in [0.3, 0.4) is 0 Å². The van der Waals surface area contributed by atoms with Crippen molar-refractivity contribution in [1.29, 1.82) is 0 Å². The van der Waals surface area contributed by atoms with E-state index >= 15 is 0 Å². The lowest BCUT2D eigenvalue weighted by Gasteiger charge is -2.32. The van der Waals surface area contributed by atoms with Gasteiger partial charge in [0.1, 0.15) is 17.7 Å². The zero-order valence-corrected chi connectivity index (χ0v) is 22.2. The van der Waals surface area contributed by atoms with E-state index in [4.69, 9.17) is 16.3 Å². The fourth-order valence-corrected chi connectivity index (χ4v) is 6.15. The number of rotatable bonds is 6. The lowest BCUT2D eigenvalue weighted by molar-refractivity contribution is 0.272. The zero-order valence-electron chi connectivity index (χ0n) is 20.6. The van der Waals surface area contributed by atoms with Crippen molar-refractivity contribution in [3.63, 3.8) is 0 Å². The number of hydrogen-bond acceptors (Lipinski definition) is 6. The molecule has 1 unspecified atom stereocenters. The molecule has 3 aromatic rings. The Morgan fingerprint density at radius 1 is 1.13 bits per heavy atom. The minimum absolute atomic E-state index is 0.0938. The van der Waals surface area contributed by atoms with Crippen molar-refractivity contribution in [2.45, 2.75) is 19.1 Å². The lowest BCUT2D eigenvalue weighted by Crippen LogP contribution is -2.51. The molecule has 5 rings (SSSR count). The van der Waals surface area contributed by atoms with Crippen LogP contribution in [0.25, 0.3) is 16.8 Å². The Bertz CT molecular complexity index is 1600. The smallest absolute Gasteiger partial charge is 0.281 e. The molecule has 0 bridgehead atoms. The predicted octanol–water partition coefficient (Wildman–Crippen LogP) is 3.31. The Hall–Kier alpha value is -3.51. The highest BCUT2D eigenvalue weighted by Gasteiger charge is 2.31. The van der Waals surface area contributed by atoms with Gasteiger partial charge in [0.25, 0.3) is 15.8 Å². The molecule has 198 valence electrons. The first-order valence-electron chi connectivity index (χ1n) is 11.8. The molecular formula is C26H25ClFN5O4S. The Balaban J connectivity index is 1.47. The Morgan fingerprint density at radius 2 is 1.95 bits per heavy atom. The molecule has 1 aromatic heterocycles. The highest BCUT2D eigenvalue weighted by atomic mass is 35.5. The first-order valence-corrected chi connectivity index (χ1v) is 13.6. The van der Waals surface area contributed by atoms with Gasteiger partial charge in [-0.25, -0.2) is 4.39 Å². The van der Waals surface area contributed by atoms with Crippen LogP contribution in [0.2, 0.25) is 5.02 Å². The molecule has 0 saturated carbocycles. The van der Waals surface area contributed by atoms with Gasteiger partial charge in [-0.1, -0.05) is 23.7 Å². The van der Waals surface area contributed by atoms with Crippen molar-refractivity contribution in [3.05, 3.63) is 93.1 Å². The van der Waals surface area contributed by atoms with E-state index in [0.29, 0.717) is 40.2 Å². The molecule has 1 atom stereocenters. The van der Waals surface area contributed by atoms with Crippen molar-refractivity contribution in [3.8, 4) is 22.6 Å². The largest absolute Gasteiger partial charge is 0.495 e. The Labute approximate surface area is 224 Å². The Kier molecular flexibility index (Phi) is 7.10. The summed E-state index contributed by atoms with van der Waals surface area (Å²) in [6.45, 7) is 0.272. The van der Waals surface area contributed by atoms with E-state index in [9.17, 15) is 17.6 Å². The maximum Gasteiger partial charge on any atom is 0.281 e. The van der Waals surface area contributed by atoms with Gasteiger partial charge in [0, 0.05) is 49.6 Å². The second-order valence-electron chi connectivity index (χ2n) is 8.90. The fourth-order valence-electron chi connectivity index (χ4n) is 4.60. The average Bonchev–Trinajstić information content (AvgIpc) is 2.89. The third kappa shape index (κ3) is 5.10. The van der Waals surface area contributed by atoms with E-state index in [2.05, 4.69) is 9.82 Å². The van der Waals surface area contributed by atoms with Crippen LogP contribution in [0.1, 0.15) is 11.3 Å². The molecular weight excluding hydrogens is 533 g/mol. The molecule has 2 aliphatic heterocycles. The number of benzene rings is 2. The van der Waals surface area contributed by atoms with Gasteiger partial charge in [-0.2, -0.15) is 22.5 Å². The number of aromatic nitrogens is 1. The number of fused-ring (bicyclic) bond motifs is 1. The van der Waals surface area contributed by atoms with Crippen LogP contribution in [0.4, 0.5) is 4.39 Å². The van der Waals surface area contributed by atoms with Gasteiger partial charge >= 0.3 is 0 Å². The topological polar surface area (TPSA) is 96.2 Å². The molecule has 1 N–H and O–H groups in total. The number of allylic oxidation sites excluding steroid dienone is 1. The highest BCUT2D eigenvalue weighted by molar-refractivity contribution is 7.87. The van der Waals surface area contributed by atoms with Crippen molar-refractivity contribution >= 4 is 28.0 Å². The van der Waals surface area contributed by atoms with Crippen molar-refractivity contribution in [2.24, 2.45) is 5.10 Å². The molecule has 0 saturated heterocycles. The van der Waals surface area contributed by atoms with E-state index in [-0.39, 0.29) is 23.7 Å². The quantitative estimate of drug-likeness (QED) is 0.502. The summed E-state index contributed by atoms with van der Waals surface area (Å²) < 4.78 is 51.3. The Morgan fingerprint density at radius 3 is 2.68 bits per heavy atom. The van der Waals surface area contributed by atoms with Crippen LogP contribution in [-0.2, 0) is 23.2 Å². The average molecular weight is 558 g/mol. The summed E-state index contributed by atoms with van der Waals surface area (Å²) >= 11 is 6.03. The van der Waals surface area contributed by atoms with Gasteiger partial charge in [-0.3, -0.25) is 14.4 Å². The number of nitrogens with zero attached hydrogens (tertiary/aromatic N) is 4. The SMILES string of the molecule is COc1cc(-c2cc(F)cc(Cl)c2)ccc1-n1c2c(ccc1=O)CN(S(=O)(=O)NC1C=CC=NN1C)CC2. The van der Waals surface area contributed by atoms with Crippen LogP contribution in [-0.4, -0.2) is 55.4 Å². The third-order valence-corrected chi connectivity index (χ3v) is 8.24. The van der Waals surface area contributed by atoms with Gasteiger partial charge < -0.3 is 4.74 Å². The van der Waals surface area contributed by atoms with Crippen molar-refractivity contribution in [1.82, 2.24) is 18.6 Å². The molecule has 0 radical (unpaired) electrons. The van der Waals surface area contributed by atoms with Crippen LogP contribution in [0.15, 0.2) is 70.6 Å². The summed E-state index contributed by atoms with van der Waals surface area (Å²) in [5.74, 6) is -0.0560. The van der Waals surface area contributed by atoms with Gasteiger partial charge in [-0.15, -0.1) is 0 Å². The minimum atomic E-state index is -3.84. The summed E-state index contributed by atoms with van der Waals surface area (Å²) in [5.41, 5.74) is 2.86. The summed E-state index contributed by atoms with van der Waals surface area (Å²) in [6, 6.07) is 12.5. The van der Waals surface area contributed by atoms with E-state index in [1.807, 2.05) is 0 Å². The van der Waals surface area contributed by atoms with E-state index in [1.165, 1.54) is 34.6 Å². The van der Waals surface area contributed by atoms with Gasteiger partial charge in [0.15, 0.2) is 0 Å². The van der Waals surface area contributed by atoms with Crippen LogP contribution < -0.4 is 15.0 Å². The highest BCUT2D eigenvalue weighted by Crippen LogP contribution is 2.33. The van der Waals surface area contributed by atoms with Crippen molar-refractivity contribution < 1.29 is 17.5 Å². The number of pyridine rings is 1. The molecule has 2 aliphatic rings. The molecule has 0 aliphatic carbocycles. The van der Waals surface area contributed by atoms with E-state index in [0.717, 1.165) is 0 Å². The first-order chi connectivity index (χ1) is 18.2. The minimum Gasteiger partial charge on any atom is -0.495 e. The molecule has 0 spiro atoms. The second-order valence-corrected chi connectivity index (χ2v) is 11.0. The number of likely N-dealkylation sites (N-methyl/N-ethyl adjacent to an activating group) is 1. The first kappa shape index (κ1) is 26.1. The standard InChI is InChI=1S/C26H25ClFN5O4S/c1-31-25(4-3-10-29-31)30-38(35,36)32-11-9-22-18(16-32)6-8-26(34)33(22)23-7-5-17(14-24(23)37-2)19-12-20(27)15-21(28)13-19/h3-8,10,12-15,25,30H,9,11,16H2,1-2H3. The number of hydrogen-bond donors (Lipinski definition) is 1. The molecule has 0 amide bonds. The van der Waals surface area contributed by atoms with E-state index in [1.54, 1.807) is 60.3 Å². The predicted molar refractivity (Wildman–Crippen MR) is 144 cm³/mol. The maximum atomic E-state index is 13.9. The molecule has 0 fully saturated rings. The lowest BCUT2D eigenvalue weighted by atomic mass is 10.0. The van der Waals surface area contributed by atoms with Crippen LogP contribution in [0.5, 0.6) is 5.75 Å². The maximum absolute atomic E-state index is 13.9. The number of halogens is 2. The number of methoxy groups -OCH3 is 1. The second kappa shape index (κ2) is 10.3. The van der Waals surface area contributed by atoms with Crippen LogP contribution >= 0.6 is 11.6 Å². The molecule has 3 heterocycles. The van der Waals surface area contributed by atoms with Crippen molar-refractivity contribution in [2.75, 3.05) is 20.7 Å². The number of nitrogens with one attached hydrogen (secondary N) is 1. The van der Waals surface area contributed by atoms with Gasteiger partial charge in [-0.05, 0) is 59.2 Å². The summed E-state index contributed by atoms with van der Waals surface area (Å²) in [5, 5.41) is 5.87. The fraction of sp³-hybridized carbons (Fsp3) is 0.231. The monoisotopic (exact) mass is 557 g/mol. The zero-order chi connectivity index (χ0) is 27.0. The van der Waals surface area contributed by atoms with Gasteiger partial charge in [0.05, 0.1) is 12.8 Å². The number of ether oxygens (including phenoxy) is 1. The summed E-state index contributed by atoms with van der Waals surface area (Å²) in [6.07, 6.45) is 4.67. The number of hydrazone groups is 1. The van der Waals surface area contributed by atoms with Gasteiger partial charge in [0.2, 0.25) is 0 Å². The molecule has 12 heteroatoms.